The van der Waals surface area contributed by atoms with Gasteiger partial charge in [-0.25, -0.2) is 4.98 Å². The van der Waals surface area contributed by atoms with E-state index >= 15 is 0 Å². The highest BCUT2D eigenvalue weighted by Crippen LogP contribution is 2.35. The third-order valence-electron chi connectivity index (χ3n) is 7.44. The Morgan fingerprint density at radius 1 is 1.29 bits per heavy atom. The maximum atomic E-state index is 13.1. The lowest BCUT2D eigenvalue weighted by Gasteiger charge is -2.45. The molecule has 2 aliphatic rings. The summed E-state index contributed by atoms with van der Waals surface area (Å²) in [5.41, 5.74) is 0.638. The molecule has 2 saturated carbocycles. The summed E-state index contributed by atoms with van der Waals surface area (Å²) >= 11 is 0. The van der Waals surface area contributed by atoms with Crippen molar-refractivity contribution < 1.29 is 14.3 Å². The monoisotopic (exact) mass is 481 g/mol. The van der Waals surface area contributed by atoms with Gasteiger partial charge in [-0.3, -0.25) is 9.59 Å². The van der Waals surface area contributed by atoms with Crippen molar-refractivity contribution >= 4 is 28.9 Å². The van der Waals surface area contributed by atoms with Gasteiger partial charge < -0.3 is 30.0 Å². The Balaban J connectivity index is 1.43. The fourth-order valence-electron chi connectivity index (χ4n) is 4.75. The summed E-state index contributed by atoms with van der Waals surface area (Å²) in [4.78, 5) is 30.8. The molecule has 0 spiro atoms. The Bertz CT molecular complexity index is 1310. The van der Waals surface area contributed by atoms with Crippen molar-refractivity contribution in [1.29, 1.82) is 0 Å². The SMILES string of the molecule is CNc1cc(Nc2cccn(C3CC(OC)C3)c2=O)nc2c(C(=O)N[C@@H]3CC[C@@]3(C)OC)cnn12. The van der Waals surface area contributed by atoms with Gasteiger partial charge in [0.05, 0.1) is 23.9 Å². The zero-order valence-electron chi connectivity index (χ0n) is 20.4. The number of nitrogens with one attached hydrogen (secondary N) is 3. The molecule has 1 amide bonds. The van der Waals surface area contributed by atoms with Crippen LogP contribution < -0.4 is 21.5 Å². The zero-order valence-corrected chi connectivity index (χ0v) is 20.4. The second kappa shape index (κ2) is 8.97. The molecule has 0 saturated heterocycles. The minimum atomic E-state index is -0.369. The topological polar surface area (TPSA) is 124 Å². The maximum absolute atomic E-state index is 13.1. The van der Waals surface area contributed by atoms with E-state index in [0.29, 0.717) is 28.5 Å². The number of carbonyl (C=O) groups excluding carboxylic acids is 1. The number of fused-ring (bicyclic) bond motifs is 1. The lowest BCUT2D eigenvalue weighted by atomic mass is 9.76. The maximum Gasteiger partial charge on any atom is 0.274 e. The molecule has 186 valence electrons. The summed E-state index contributed by atoms with van der Waals surface area (Å²) in [7, 11) is 5.11. The molecule has 0 bridgehead atoms. The molecular formula is C24H31N7O4. The van der Waals surface area contributed by atoms with Crippen LogP contribution in [0.15, 0.2) is 35.4 Å². The summed E-state index contributed by atoms with van der Waals surface area (Å²) in [5, 5.41) is 13.6. The van der Waals surface area contributed by atoms with E-state index in [9.17, 15) is 9.59 Å². The molecule has 2 fully saturated rings. The first-order chi connectivity index (χ1) is 16.9. The van der Waals surface area contributed by atoms with Crippen molar-refractivity contribution in [3.05, 3.63) is 46.5 Å². The average Bonchev–Trinajstić information content (AvgIpc) is 3.26. The number of rotatable bonds is 8. The molecule has 0 unspecified atom stereocenters. The van der Waals surface area contributed by atoms with Crippen LogP contribution in [0, 0.1) is 0 Å². The molecule has 11 heteroatoms. The molecule has 35 heavy (non-hydrogen) atoms. The van der Waals surface area contributed by atoms with Gasteiger partial charge in [0.15, 0.2) is 5.65 Å². The Morgan fingerprint density at radius 3 is 2.74 bits per heavy atom. The van der Waals surface area contributed by atoms with E-state index in [2.05, 4.69) is 26.0 Å². The molecule has 5 rings (SSSR count). The van der Waals surface area contributed by atoms with Gasteiger partial charge in [0, 0.05) is 39.6 Å². The molecular weight excluding hydrogens is 450 g/mol. The lowest BCUT2D eigenvalue weighted by molar-refractivity contribution is -0.0828. The molecule has 11 nitrogen and oxygen atoms in total. The number of ether oxygens (including phenoxy) is 2. The van der Waals surface area contributed by atoms with Crippen molar-refractivity contribution in [1.82, 2.24) is 24.5 Å². The van der Waals surface area contributed by atoms with E-state index in [1.54, 1.807) is 48.7 Å². The van der Waals surface area contributed by atoms with Crippen LogP contribution in [0.4, 0.5) is 17.3 Å². The first-order valence-corrected chi connectivity index (χ1v) is 11.8. The highest BCUT2D eigenvalue weighted by atomic mass is 16.5. The fourth-order valence-corrected chi connectivity index (χ4v) is 4.75. The van der Waals surface area contributed by atoms with Gasteiger partial charge in [-0.2, -0.15) is 9.61 Å². The first-order valence-electron chi connectivity index (χ1n) is 11.8. The Hall–Kier alpha value is -3.44. The second-order valence-corrected chi connectivity index (χ2v) is 9.39. The lowest BCUT2D eigenvalue weighted by Crippen LogP contribution is -2.59. The molecule has 0 aliphatic heterocycles. The van der Waals surface area contributed by atoms with E-state index < -0.39 is 0 Å². The predicted molar refractivity (Wildman–Crippen MR) is 131 cm³/mol. The standard InChI is InChI=1S/C24H31N7O4/c1-24(35-4)8-7-18(24)28-22(32)16-13-26-31-20(25-2)12-19(29-21(16)31)27-17-6-5-9-30(23(17)33)14-10-15(11-14)34-3/h5-6,9,12-15,18,25H,7-8,10-11H2,1-4H3,(H,27,29)(H,28,32)/t14?,15?,18-,24-/m1/s1. The van der Waals surface area contributed by atoms with Gasteiger partial charge in [-0.15, -0.1) is 0 Å². The number of hydrogen-bond acceptors (Lipinski definition) is 8. The summed E-state index contributed by atoms with van der Waals surface area (Å²) in [6, 6.07) is 5.35. The van der Waals surface area contributed by atoms with Crippen LogP contribution in [0.5, 0.6) is 0 Å². The number of hydrogen-bond donors (Lipinski definition) is 3. The van der Waals surface area contributed by atoms with Crippen LogP contribution in [0.3, 0.4) is 0 Å². The van der Waals surface area contributed by atoms with E-state index in [1.807, 2.05) is 13.0 Å². The Kier molecular flexibility index (Phi) is 5.97. The summed E-state index contributed by atoms with van der Waals surface area (Å²) in [6.45, 7) is 1.99. The van der Waals surface area contributed by atoms with Gasteiger partial charge >= 0.3 is 0 Å². The van der Waals surface area contributed by atoms with Crippen LogP contribution in [0.25, 0.3) is 5.65 Å². The van der Waals surface area contributed by atoms with Crippen LogP contribution >= 0.6 is 0 Å². The molecule has 2 atom stereocenters. The van der Waals surface area contributed by atoms with Crippen molar-refractivity contribution in [2.45, 2.75) is 56.4 Å². The van der Waals surface area contributed by atoms with Crippen LogP contribution in [-0.2, 0) is 9.47 Å². The largest absolute Gasteiger partial charge is 0.381 e. The summed E-state index contributed by atoms with van der Waals surface area (Å²) in [5.74, 6) is 0.791. The fraction of sp³-hybridized carbons (Fsp3) is 0.500. The van der Waals surface area contributed by atoms with E-state index in [4.69, 9.17) is 9.47 Å². The van der Waals surface area contributed by atoms with Gasteiger partial charge in [-0.1, -0.05) is 0 Å². The number of nitrogens with zero attached hydrogens (tertiary/aromatic N) is 4. The normalized spacial score (nSPS) is 25.5. The first kappa shape index (κ1) is 23.3. The Morgan fingerprint density at radius 2 is 2.09 bits per heavy atom. The van der Waals surface area contributed by atoms with E-state index in [0.717, 1.165) is 25.7 Å². The quantitative estimate of drug-likeness (QED) is 0.448. The number of aromatic nitrogens is 4. The molecule has 2 aliphatic carbocycles. The predicted octanol–water partition coefficient (Wildman–Crippen LogP) is 2.32. The van der Waals surface area contributed by atoms with Crippen LogP contribution in [-0.4, -0.2) is 64.1 Å². The smallest absolute Gasteiger partial charge is 0.274 e. The number of amides is 1. The summed E-state index contributed by atoms with van der Waals surface area (Å²) < 4.78 is 14.2. The number of methoxy groups -OCH3 is 2. The molecule has 0 aromatic carbocycles. The number of anilines is 3. The number of pyridine rings is 1. The average molecular weight is 482 g/mol. The highest BCUT2D eigenvalue weighted by Gasteiger charge is 2.44. The van der Waals surface area contributed by atoms with Crippen molar-refractivity contribution in [2.75, 3.05) is 31.9 Å². The van der Waals surface area contributed by atoms with Crippen molar-refractivity contribution in [2.24, 2.45) is 0 Å². The van der Waals surface area contributed by atoms with E-state index in [-0.39, 0.29) is 35.3 Å². The van der Waals surface area contributed by atoms with E-state index in [1.165, 1.54) is 6.20 Å². The minimum Gasteiger partial charge on any atom is -0.381 e. The molecule has 3 heterocycles. The Labute approximate surface area is 202 Å². The molecule has 3 aromatic rings. The van der Waals surface area contributed by atoms with Gasteiger partial charge in [-0.05, 0) is 44.7 Å². The van der Waals surface area contributed by atoms with Crippen LogP contribution in [0.2, 0.25) is 0 Å². The minimum absolute atomic E-state index is 0.0768. The van der Waals surface area contributed by atoms with Gasteiger partial charge in [0.1, 0.15) is 22.9 Å². The van der Waals surface area contributed by atoms with Gasteiger partial charge in [0.2, 0.25) is 0 Å². The second-order valence-electron chi connectivity index (χ2n) is 9.39. The van der Waals surface area contributed by atoms with Gasteiger partial charge in [0.25, 0.3) is 11.5 Å². The number of carbonyl (C=O) groups is 1. The summed E-state index contributed by atoms with van der Waals surface area (Å²) in [6.07, 6.45) is 6.86. The molecule has 0 radical (unpaired) electrons. The zero-order chi connectivity index (χ0) is 24.7. The molecule has 3 N–H and O–H groups in total. The van der Waals surface area contributed by atoms with Crippen LogP contribution in [0.1, 0.15) is 49.0 Å². The third-order valence-corrected chi connectivity index (χ3v) is 7.44. The third kappa shape index (κ3) is 4.04. The van der Waals surface area contributed by atoms with Crippen molar-refractivity contribution in [3.63, 3.8) is 0 Å². The highest BCUT2D eigenvalue weighted by molar-refractivity contribution is 6.00. The van der Waals surface area contributed by atoms with Crippen molar-refractivity contribution in [3.8, 4) is 0 Å². The molecule has 3 aromatic heterocycles.